The molecule has 2 amide bonds. The van der Waals surface area contributed by atoms with Crippen LogP contribution in [0.25, 0.3) is 22.1 Å². The first-order chi connectivity index (χ1) is 28.3. The Balaban J connectivity index is 1.40. The normalized spacial score (nSPS) is 15.1. The minimum atomic E-state index is -0.905. The molecule has 1 aliphatic heterocycles. The quantitative estimate of drug-likeness (QED) is 0.0589. The summed E-state index contributed by atoms with van der Waals surface area (Å²) in [6, 6.07) is 37.8. The molecule has 1 aromatic heterocycles. The Labute approximate surface area is 337 Å². The first kappa shape index (κ1) is 39.6. The van der Waals surface area contributed by atoms with Crippen LogP contribution in [-0.2, 0) is 27.3 Å². The number of esters is 1. The van der Waals surface area contributed by atoms with Crippen LogP contribution in [0.15, 0.2) is 144 Å². The van der Waals surface area contributed by atoms with E-state index in [1.54, 1.807) is 59.4 Å². The van der Waals surface area contributed by atoms with Crippen molar-refractivity contribution in [3.05, 3.63) is 162 Å². The Morgan fingerprint density at radius 3 is 2.28 bits per heavy atom. The third kappa shape index (κ3) is 8.67. The smallest absolute Gasteiger partial charge is 0.302 e. The summed E-state index contributed by atoms with van der Waals surface area (Å²) in [6.45, 7) is 5.53. The minimum Gasteiger partial charge on any atom is -0.497 e. The predicted octanol–water partition coefficient (Wildman–Crippen LogP) is 8.72. The number of carbonyl (C=O) groups is 3. The van der Waals surface area contributed by atoms with E-state index in [4.69, 9.17) is 18.6 Å². The molecule has 6 aromatic rings. The Hall–Kier alpha value is -6.65. The zero-order chi connectivity index (χ0) is 40.6. The van der Waals surface area contributed by atoms with Crippen molar-refractivity contribution in [1.29, 1.82) is 0 Å². The molecule has 1 unspecified atom stereocenters. The molecule has 58 heavy (non-hydrogen) atoms. The second-order valence-corrected chi connectivity index (χ2v) is 14.2. The van der Waals surface area contributed by atoms with Gasteiger partial charge in [-0.25, -0.2) is 0 Å². The molecule has 0 saturated heterocycles. The maximum absolute atomic E-state index is 15.3. The molecule has 1 N–H and O–H groups in total. The van der Waals surface area contributed by atoms with Crippen molar-refractivity contribution < 1.29 is 38.1 Å². The molecule has 1 aliphatic rings. The molecular weight excluding hydrogens is 733 g/mol. The molecule has 10 heteroatoms. The van der Waals surface area contributed by atoms with Gasteiger partial charge in [0.25, 0.3) is 5.91 Å². The summed E-state index contributed by atoms with van der Waals surface area (Å²) in [5, 5.41) is 10.4. The lowest BCUT2D eigenvalue weighted by atomic mass is 9.93. The van der Waals surface area contributed by atoms with Crippen molar-refractivity contribution in [3.8, 4) is 22.6 Å². The van der Waals surface area contributed by atoms with Gasteiger partial charge in [0.2, 0.25) is 5.91 Å². The Kier molecular flexibility index (Phi) is 12.3. The Morgan fingerprint density at radius 2 is 1.59 bits per heavy atom. The number of para-hydroxylation sites is 1. The monoisotopic (exact) mass is 778 g/mol. The Morgan fingerprint density at radius 1 is 0.879 bits per heavy atom. The summed E-state index contributed by atoms with van der Waals surface area (Å²) < 4.78 is 23.8. The number of amides is 2. The highest BCUT2D eigenvalue weighted by molar-refractivity contribution is 6.00. The average molecular weight is 779 g/mol. The molecule has 0 fully saturated rings. The number of fused-ring (bicyclic) bond motifs is 2. The number of furan rings is 1. The van der Waals surface area contributed by atoms with Crippen molar-refractivity contribution >= 4 is 34.4 Å². The van der Waals surface area contributed by atoms with Crippen molar-refractivity contribution in [2.45, 2.75) is 50.9 Å². The van der Waals surface area contributed by atoms with Crippen LogP contribution in [0.4, 0.5) is 5.69 Å². The average Bonchev–Trinajstić information content (AvgIpc) is 3.81. The summed E-state index contributed by atoms with van der Waals surface area (Å²) in [6.07, 6.45) is 1.37. The van der Waals surface area contributed by atoms with E-state index in [0.717, 1.165) is 22.1 Å². The van der Waals surface area contributed by atoms with Gasteiger partial charge in [0.15, 0.2) is 0 Å². The number of ether oxygens (including phenoxy) is 3. The minimum absolute atomic E-state index is 0.0146. The third-order valence-electron chi connectivity index (χ3n) is 10.3. The van der Waals surface area contributed by atoms with E-state index in [0.29, 0.717) is 46.1 Å². The summed E-state index contributed by atoms with van der Waals surface area (Å²) in [5.41, 5.74) is 4.97. The van der Waals surface area contributed by atoms with Crippen LogP contribution in [0.5, 0.6) is 11.5 Å². The van der Waals surface area contributed by atoms with Gasteiger partial charge in [-0.15, -0.1) is 6.58 Å². The van der Waals surface area contributed by atoms with Crippen molar-refractivity contribution in [2.75, 3.05) is 25.2 Å². The zero-order valence-electron chi connectivity index (χ0n) is 32.6. The van der Waals surface area contributed by atoms with E-state index in [2.05, 4.69) is 6.58 Å². The number of nitrogens with zero attached hydrogens (tertiary/aromatic N) is 2. The van der Waals surface area contributed by atoms with Crippen LogP contribution < -0.4 is 14.4 Å². The second-order valence-electron chi connectivity index (χ2n) is 14.2. The van der Waals surface area contributed by atoms with E-state index in [1.165, 1.54) is 6.92 Å². The number of aliphatic hydroxyl groups is 1. The van der Waals surface area contributed by atoms with Crippen LogP contribution in [0.2, 0.25) is 0 Å². The summed E-state index contributed by atoms with van der Waals surface area (Å²) >= 11 is 0. The molecule has 296 valence electrons. The number of benzene rings is 5. The predicted molar refractivity (Wildman–Crippen MR) is 223 cm³/mol. The summed E-state index contributed by atoms with van der Waals surface area (Å²) in [7, 11) is 1.58. The number of rotatable bonds is 16. The second kappa shape index (κ2) is 18.1. The molecule has 10 nitrogen and oxygen atoms in total. The fraction of sp³-hybridized carbons (Fsp3) is 0.229. The van der Waals surface area contributed by atoms with Crippen LogP contribution in [-0.4, -0.2) is 60.3 Å². The number of hydrogen-bond acceptors (Lipinski definition) is 8. The molecule has 2 heterocycles. The van der Waals surface area contributed by atoms with Crippen LogP contribution in [0.3, 0.4) is 0 Å². The molecule has 3 atom stereocenters. The van der Waals surface area contributed by atoms with E-state index < -0.39 is 24.2 Å². The highest BCUT2D eigenvalue weighted by Crippen LogP contribution is 2.48. The maximum atomic E-state index is 15.3. The van der Waals surface area contributed by atoms with Crippen molar-refractivity contribution in [3.63, 3.8) is 0 Å². The number of methoxy groups -OCH3 is 1. The van der Waals surface area contributed by atoms with Gasteiger partial charge in [-0.2, -0.15) is 0 Å². The van der Waals surface area contributed by atoms with Crippen LogP contribution in [0.1, 0.15) is 53.1 Å². The maximum Gasteiger partial charge on any atom is 0.302 e. The van der Waals surface area contributed by atoms with Gasteiger partial charge in [0.1, 0.15) is 28.9 Å². The standard InChI is InChI=1S/C48H46N2O8/c1-4-11-44(57-32(2)52)47-46(41-30-39(56-27-10-26-51)24-25-42(41)50(47)45(53)28-33-16-22-38(55-3)23-17-33)49(31-40-29-37-14-8-9-15-43(37)58-40)48(54)36-20-18-35(19-21-36)34-12-6-5-7-13-34/h4-9,12-25,29-30,44,46-47,51H,1,10-11,26-28,31H2,2-3H3/t44?,46-,47+/m0/s1. The van der Waals surface area contributed by atoms with E-state index in [-0.39, 0.29) is 44.4 Å². The lowest BCUT2D eigenvalue weighted by Gasteiger charge is -2.39. The number of anilines is 1. The summed E-state index contributed by atoms with van der Waals surface area (Å²) in [5.74, 6) is 0.559. The van der Waals surface area contributed by atoms with Crippen LogP contribution in [0, 0.1) is 0 Å². The first-order valence-corrected chi connectivity index (χ1v) is 19.3. The first-order valence-electron chi connectivity index (χ1n) is 19.3. The zero-order valence-corrected chi connectivity index (χ0v) is 32.6. The third-order valence-corrected chi connectivity index (χ3v) is 10.3. The van der Waals surface area contributed by atoms with Crippen molar-refractivity contribution in [1.82, 2.24) is 4.90 Å². The van der Waals surface area contributed by atoms with Gasteiger partial charge >= 0.3 is 5.97 Å². The number of hydrogen-bond donors (Lipinski definition) is 1. The topological polar surface area (TPSA) is 119 Å². The fourth-order valence-corrected chi connectivity index (χ4v) is 7.66. The van der Waals surface area contributed by atoms with Gasteiger partial charge in [-0.05, 0) is 71.3 Å². The van der Waals surface area contributed by atoms with Gasteiger partial charge in [-0.1, -0.05) is 78.9 Å². The lowest BCUT2D eigenvalue weighted by Crippen LogP contribution is -2.53. The highest BCUT2D eigenvalue weighted by Gasteiger charge is 2.50. The molecule has 7 rings (SSSR count). The number of carbonyl (C=O) groups excluding carboxylic acids is 3. The Bertz CT molecular complexity index is 2340. The van der Waals surface area contributed by atoms with E-state index in [9.17, 15) is 14.7 Å². The molecule has 0 aliphatic carbocycles. The van der Waals surface area contributed by atoms with Gasteiger partial charge in [0.05, 0.1) is 38.8 Å². The van der Waals surface area contributed by atoms with E-state index >= 15 is 4.79 Å². The highest BCUT2D eigenvalue weighted by atomic mass is 16.5. The molecule has 0 bridgehead atoms. The molecule has 5 aromatic carbocycles. The van der Waals surface area contributed by atoms with Crippen LogP contribution >= 0.6 is 0 Å². The van der Waals surface area contributed by atoms with E-state index in [1.807, 2.05) is 91.0 Å². The molecule has 0 radical (unpaired) electrons. The molecule has 0 saturated carbocycles. The largest absolute Gasteiger partial charge is 0.497 e. The number of aliphatic hydroxyl groups excluding tert-OH is 1. The summed E-state index contributed by atoms with van der Waals surface area (Å²) in [4.78, 5) is 46.3. The SMILES string of the molecule is C=CCC(OC(C)=O)[C@@H]1[C@@H](N(Cc2cc3ccccc3o2)C(=O)c2ccc(-c3ccccc3)cc2)c2cc(OCCCO)ccc2N1C(=O)Cc1ccc(OC)cc1. The van der Waals surface area contributed by atoms with Gasteiger partial charge < -0.3 is 33.5 Å². The molecular formula is C48H46N2O8. The van der Waals surface area contributed by atoms with Crippen molar-refractivity contribution in [2.24, 2.45) is 0 Å². The van der Waals surface area contributed by atoms with Gasteiger partial charge in [0, 0.05) is 48.6 Å². The van der Waals surface area contributed by atoms with Gasteiger partial charge in [-0.3, -0.25) is 14.4 Å². The lowest BCUT2D eigenvalue weighted by molar-refractivity contribution is -0.148. The fourth-order valence-electron chi connectivity index (χ4n) is 7.66. The molecule has 0 spiro atoms.